The maximum atomic E-state index is 12.8. The fraction of sp³-hybridized carbons (Fsp3) is 0.829. The second-order valence-corrected chi connectivity index (χ2v) is 12.9. The Kier molecular flexibility index (Phi) is 21.5. The van der Waals surface area contributed by atoms with E-state index in [0.717, 1.165) is 56.9 Å². The molecule has 0 bridgehead atoms. The van der Waals surface area contributed by atoms with Gasteiger partial charge in [0, 0.05) is 20.1 Å². The van der Waals surface area contributed by atoms with E-state index in [0.29, 0.717) is 50.5 Å². The van der Waals surface area contributed by atoms with Gasteiger partial charge in [-0.05, 0) is 68.8 Å². The molecule has 0 fully saturated rings. The van der Waals surface area contributed by atoms with Crippen molar-refractivity contribution in [3.05, 3.63) is 23.8 Å². The molecule has 0 aliphatic carbocycles. The number of amides is 1. The highest BCUT2D eigenvalue weighted by atomic mass is 16.5. The number of carbonyl (C=O) groups is 2. The predicted octanol–water partition coefficient (Wildman–Crippen LogP) is 4.99. The highest BCUT2D eigenvalue weighted by molar-refractivity contribution is 5.84. The topological polar surface area (TPSA) is 146 Å². The molecule has 9 nitrogen and oxygen atoms in total. The van der Waals surface area contributed by atoms with Crippen molar-refractivity contribution >= 4 is 11.9 Å². The number of hydrogen-bond acceptors (Lipinski definition) is 8. The van der Waals surface area contributed by atoms with Crippen molar-refractivity contribution in [3.63, 3.8) is 0 Å². The van der Waals surface area contributed by atoms with Crippen LogP contribution < -0.4 is 5.32 Å². The fourth-order valence-corrected chi connectivity index (χ4v) is 5.76. The van der Waals surface area contributed by atoms with Gasteiger partial charge < -0.3 is 35.2 Å². The maximum absolute atomic E-state index is 12.8. The lowest BCUT2D eigenvalue weighted by Crippen LogP contribution is -2.43. The molecule has 256 valence electrons. The van der Waals surface area contributed by atoms with Crippen molar-refractivity contribution in [2.45, 2.75) is 148 Å². The third-order valence-electron chi connectivity index (χ3n) is 8.66. The quantitative estimate of drug-likeness (QED) is 0.269. The van der Waals surface area contributed by atoms with E-state index in [1.807, 2.05) is 26.0 Å². The van der Waals surface area contributed by atoms with Crippen LogP contribution in [0.1, 0.15) is 118 Å². The Balaban J connectivity index is 2.95. The number of cyclic esters (lactones) is 1. The van der Waals surface area contributed by atoms with Crippen LogP contribution in [0.25, 0.3) is 0 Å². The lowest BCUT2D eigenvalue weighted by Gasteiger charge is -2.23. The summed E-state index contributed by atoms with van der Waals surface area (Å²) in [6, 6.07) is 0. The largest absolute Gasteiger partial charge is 0.452 e. The van der Waals surface area contributed by atoms with Crippen molar-refractivity contribution < 1.29 is 39.5 Å². The molecule has 1 aliphatic heterocycles. The number of allylic oxidation sites excluding steroid dienone is 3. The molecule has 0 spiro atoms. The number of methoxy groups -OCH3 is 1. The summed E-state index contributed by atoms with van der Waals surface area (Å²) >= 11 is 0. The van der Waals surface area contributed by atoms with Gasteiger partial charge in [-0.1, -0.05) is 78.0 Å². The predicted molar refractivity (Wildman–Crippen MR) is 174 cm³/mol. The summed E-state index contributed by atoms with van der Waals surface area (Å²) < 4.78 is 10.9. The minimum absolute atomic E-state index is 0.106. The van der Waals surface area contributed by atoms with E-state index in [1.54, 1.807) is 7.11 Å². The van der Waals surface area contributed by atoms with Crippen LogP contribution in [-0.2, 0) is 19.1 Å². The third kappa shape index (κ3) is 17.6. The molecule has 44 heavy (non-hydrogen) atoms. The first-order chi connectivity index (χ1) is 21.0. The summed E-state index contributed by atoms with van der Waals surface area (Å²) in [6.07, 6.45) is 11.5. The SMILES string of the molecule is CCCC1OC(=O)C(C)CC(C)CCCCC(O)CCCC(CC)/C=C/C=C(/COC)CCC(O)C(O)CC(O)CNC1=O. The Bertz CT molecular complexity index is 847. The van der Waals surface area contributed by atoms with E-state index in [9.17, 15) is 30.0 Å². The van der Waals surface area contributed by atoms with Crippen molar-refractivity contribution in [3.8, 4) is 0 Å². The zero-order valence-corrected chi connectivity index (χ0v) is 28.1. The number of esters is 1. The fourth-order valence-electron chi connectivity index (χ4n) is 5.76. The Morgan fingerprint density at radius 3 is 2.30 bits per heavy atom. The zero-order valence-electron chi connectivity index (χ0n) is 28.1. The number of nitrogens with one attached hydrogen (secondary N) is 1. The van der Waals surface area contributed by atoms with E-state index in [1.165, 1.54) is 0 Å². The maximum Gasteiger partial charge on any atom is 0.309 e. The van der Waals surface area contributed by atoms with Crippen LogP contribution in [0.15, 0.2) is 23.8 Å². The van der Waals surface area contributed by atoms with E-state index < -0.39 is 36.3 Å². The van der Waals surface area contributed by atoms with Crippen molar-refractivity contribution in [1.29, 1.82) is 0 Å². The van der Waals surface area contributed by atoms with Gasteiger partial charge in [0.15, 0.2) is 6.10 Å². The standard InChI is InChI=1S/C35H63NO8/c1-6-12-33-34(41)36-23-30(38)22-32(40)31(39)20-19-28(24-43-5)16-10-14-27(7-2)15-11-18-29(37)17-9-8-13-25(3)21-26(4)35(42)44-33/h10,14,16,25-27,29-33,37-40H,6-9,11-13,15,17-24H2,1-5H3,(H,36,41)/b14-10+,28-16+. The third-order valence-corrected chi connectivity index (χ3v) is 8.66. The molecular formula is C35H63NO8. The monoisotopic (exact) mass is 625 g/mol. The van der Waals surface area contributed by atoms with Crippen LogP contribution in [0.2, 0.25) is 0 Å². The lowest BCUT2D eigenvalue weighted by atomic mass is 9.92. The second-order valence-electron chi connectivity index (χ2n) is 12.9. The number of rotatable bonds is 5. The van der Waals surface area contributed by atoms with Crippen molar-refractivity contribution in [2.24, 2.45) is 17.8 Å². The molecule has 1 heterocycles. The van der Waals surface area contributed by atoms with Crippen LogP contribution in [0.5, 0.6) is 0 Å². The molecule has 1 aliphatic rings. The average molecular weight is 626 g/mol. The highest BCUT2D eigenvalue weighted by Gasteiger charge is 2.27. The molecule has 8 unspecified atom stereocenters. The minimum atomic E-state index is -1.17. The average Bonchev–Trinajstić information content (AvgIpc) is 2.98. The number of ether oxygens (including phenoxy) is 2. The highest BCUT2D eigenvalue weighted by Crippen LogP contribution is 2.22. The molecule has 5 N–H and O–H groups in total. The van der Waals surface area contributed by atoms with Crippen LogP contribution >= 0.6 is 0 Å². The molecule has 0 saturated heterocycles. The molecule has 0 radical (unpaired) electrons. The van der Waals surface area contributed by atoms with Crippen molar-refractivity contribution in [2.75, 3.05) is 20.3 Å². The molecule has 0 aromatic heterocycles. The smallest absolute Gasteiger partial charge is 0.309 e. The second kappa shape index (κ2) is 23.5. The van der Waals surface area contributed by atoms with E-state index in [-0.39, 0.29) is 25.0 Å². The Labute approximate surface area is 266 Å². The first kappa shape index (κ1) is 40.2. The molecule has 0 aromatic carbocycles. The van der Waals surface area contributed by atoms with Gasteiger partial charge in [0.1, 0.15) is 0 Å². The Morgan fingerprint density at radius 1 is 0.909 bits per heavy atom. The van der Waals surface area contributed by atoms with Gasteiger partial charge in [-0.3, -0.25) is 9.59 Å². The zero-order chi connectivity index (χ0) is 32.9. The summed E-state index contributed by atoms with van der Waals surface area (Å²) in [7, 11) is 1.62. The van der Waals surface area contributed by atoms with Gasteiger partial charge in [0.2, 0.25) is 0 Å². The van der Waals surface area contributed by atoms with E-state index in [2.05, 4.69) is 25.2 Å². The first-order valence-electron chi connectivity index (χ1n) is 17.1. The molecular weight excluding hydrogens is 562 g/mol. The first-order valence-corrected chi connectivity index (χ1v) is 17.1. The van der Waals surface area contributed by atoms with Gasteiger partial charge in [0.05, 0.1) is 36.9 Å². The molecule has 9 heteroatoms. The molecule has 0 aromatic rings. The van der Waals surface area contributed by atoms with Gasteiger partial charge in [-0.25, -0.2) is 0 Å². The normalized spacial score (nSPS) is 34.4. The summed E-state index contributed by atoms with van der Waals surface area (Å²) in [4.78, 5) is 25.7. The molecule has 8 atom stereocenters. The summed E-state index contributed by atoms with van der Waals surface area (Å²) in [5.41, 5.74) is 0.987. The van der Waals surface area contributed by atoms with E-state index >= 15 is 0 Å². The van der Waals surface area contributed by atoms with Gasteiger partial charge in [-0.15, -0.1) is 0 Å². The van der Waals surface area contributed by atoms with Crippen LogP contribution in [0, 0.1) is 17.8 Å². The molecule has 0 saturated carbocycles. The van der Waals surface area contributed by atoms with Crippen LogP contribution in [-0.4, -0.2) is 83.1 Å². The van der Waals surface area contributed by atoms with Gasteiger partial charge in [0.25, 0.3) is 5.91 Å². The van der Waals surface area contributed by atoms with Crippen LogP contribution in [0.3, 0.4) is 0 Å². The summed E-state index contributed by atoms with van der Waals surface area (Å²) in [6.45, 7) is 8.29. The number of aliphatic hydroxyl groups excluding tert-OH is 4. The summed E-state index contributed by atoms with van der Waals surface area (Å²) in [5, 5.41) is 44.7. The Hall–Kier alpha value is -1.78. The summed E-state index contributed by atoms with van der Waals surface area (Å²) in [5.74, 6) is -0.511. The Morgan fingerprint density at radius 2 is 1.61 bits per heavy atom. The van der Waals surface area contributed by atoms with Crippen molar-refractivity contribution in [1.82, 2.24) is 5.32 Å². The van der Waals surface area contributed by atoms with Gasteiger partial charge in [-0.2, -0.15) is 0 Å². The number of carbonyl (C=O) groups excluding carboxylic acids is 2. The van der Waals surface area contributed by atoms with Gasteiger partial charge >= 0.3 is 5.97 Å². The number of β-amino-alcohol motifs (C(OH)–C–C–N with tert-alkyl or cyclic N) is 1. The molecule has 1 amide bonds. The van der Waals surface area contributed by atoms with E-state index in [4.69, 9.17) is 9.47 Å². The lowest BCUT2D eigenvalue weighted by molar-refractivity contribution is -0.160. The minimum Gasteiger partial charge on any atom is -0.452 e. The number of hydrogen-bond donors (Lipinski definition) is 5. The molecule has 1 rings (SSSR count). The number of aliphatic hydroxyl groups is 4. The van der Waals surface area contributed by atoms with Crippen LogP contribution in [0.4, 0.5) is 0 Å².